The molecule has 0 unspecified atom stereocenters. The smallest absolute Gasteiger partial charge is 0.0224 e. The summed E-state index contributed by atoms with van der Waals surface area (Å²) in [7, 11) is 0. The number of thiocarbonyl (C=S) groups is 1. The van der Waals surface area contributed by atoms with Crippen LogP contribution in [0.15, 0.2) is 30.3 Å². The Balaban J connectivity index is 2.20. The minimum absolute atomic E-state index is 1.06. The quantitative estimate of drug-likeness (QED) is 0.301. The maximum Gasteiger partial charge on any atom is 0.0224 e. The van der Waals surface area contributed by atoms with E-state index < -0.39 is 0 Å². The highest BCUT2D eigenvalue weighted by atomic mass is 79.9. The van der Waals surface area contributed by atoms with Crippen molar-refractivity contribution in [2.45, 2.75) is 32.1 Å². The van der Waals surface area contributed by atoms with Crippen molar-refractivity contribution in [2.24, 2.45) is 0 Å². The van der Waals surface area contributed by atoms with Gasteiger partial charge in [-0.15, -0.1) is 0 Å². The number of hydrogen-bond acceptors (Lipinski definition) is 1. The molecule has 0 radical (unpaired) electrons. The van der Waals surface area contributed by atoms with Crippen LogP contribution >= 0.6 is 28.1 Å². The van der Waals surface area contributed by atoms with Gasteiger partial charge in [0.1, 0.15) is 0 Å². The van der Waals surface area contributed by atoms with Crippen LogP contribution in [0, 0.1) is 0 Å². The zero-order valence-electron chi connectivity index (χ0n) is 8.92. The lowest BCUT2D eigenvalue weighted by atomic mass is 10.1. The largest absolute Gasteiger partial charge is 0.0928 e. The monoisotopic (exact) mass is 284 g/mol. The molecule has 0 heterocycles. The van der Waals surface area contributed by atoms with Gasteiger partial charge >= 0.3 is 0 Å². The van der Waals surface area contributed by atoms with E-state index in [1.807, 2.05) is 18.2 Å². The molecule has 15 heavy (non-hydrogen) atoms. The van der Waals surface area contributed by atoms with Gasteiger partial charge in [0, 0.05) is 10.2 Å². The van der Waals surface area contributed by atoms with Gasteiger partial charge in [-0.2, -0.15) is 0 Å². The Kier molecular flexibility index (Phi) is 6.86. The van der Waals surface area contributed by atoms with Crippen LogP contribution in [0.3, 0.4) is 0 Å². The molecule has 82 valence electrons. The van der Waals surface area contributed by atoms with Gasteiger partial charge < -0.3 is 0 Å². The van der Waals surface area contributed by atoms with Gasteiger partial charge in [0.05, 0.1) is 0 Å². The molecule has 0 nitrogen and oxygen atoms in total. The maximum atomic E-state index is 5.39. The van der Waals surface area contributed by atoms with E-state index in [1.165, 1.54) is 31.2 Å². The zero-order valence-corrected chi connectivity index (χ0v) is 11.3. The molecule has 0 N–H and O–H groups in total. The first-order chi connectivity index (χ1) is 7.34. The lowest BCUT2D eigenvalue weighted by molar-refractivity contribution is 0.690. The van der Waals surface area contributed by atoms with Crippen molar-refractivity contribution in [1.82, 2.24) is 0 Å². The first kappa shape index (κ1) is 12.9. The average Bonchev–Trinajstić information content (AvgIpc) is 2.30. The average molecular weight is 285 g/mol. The third-order valence-corrected chi connectivity index (χ3v) is 3.38. The van der Waals surface area contributed by atoms with Crippen molar-refractivity contribution >= 4 is 33.0 Å². The van der Waals surface area contributed by atoms with Crippen molar-refractivity contribution in [2.75, 3.05) is 5.33 Å². The second-order valence-corrected chi connectivity index (χ2v) is 4.93. The predicted molar refractivity (Wildman–Crippen MR) is 75.0 cm³/mol. The van der Waals surface area contributed by atoms with Crippen LogP contribution in [0.25, 0.3) is 0 Å². The van der Waals surface area contributed by atoms with E-state index in [1.54, 1.807) is 0 Å². The third kappa shape index (κ3) is 5.43. The molecule has 0 spiro atoms. The number of unbranched alkanes of at least 4 members (excludes halogenated alkanes) is 3. The minimum atomic E-state index is 1.06. The second-order valence-electron chi connectivity index (χ2n) is 3.64. The summed E-state index contributed by atoms with van der Waals surface area (Å²) in [6.07, 6.45) is 6.15. The molecule has 0 bridgehead atoms. The summed E-state index contributed by atoms with van der Waals surface area (Å²) < 4.78 is 0. The molecule has 0 fully saturated rings. The molecule has 0 aromatic heterocycles. The van der Waals surface area contributed by atoms with Crippen molar-refractivity contribution in [3.8, 4) is 0 Å². The van der Waals surface area contributed by atoms with E-state index in [0.717, 1.165) is 16.6 Å². The first-order valence-corrected chi connectivity index (χ1v) is 7.02. The van der Waals surface area contributed by atoms with Crippen molar-refractivity contribution < 1.29 is 0 Å². The molecule has 0 saturated heterocycles. The fourth-order valence-electron chi connectivity index (χ4n) is 1.50. The normalized spacial score (nSPS) is 10.2. The van der Waals surface area contributed by atoms with Crippen molar-refractivity contribution in [1.29, 1.82) is 0 Å². The molecule has 1 aromatic carbocycles. The summed E-state index contributed by atoms with van der Waals surface area (Å²) in [6, 6.07) is 10.3. The standard InChI is InChI=1S/C13H17BrS/c14-11-7-2-1-6-10-13(15)12-8-4-3-5-9-12/h3-5,8-9H,1-2,6-7,10-11H2. The molecule has 0 atom stereocenters. The summed E-state index contributed by atoms with van der Waals surface area (Å²) in [5, 5.41) is 1.12. The molecule has 0 aliphatic heterocycles. The highest BCUT2D eigenvalue weighted by molar-refractivity contribution is 9.09. The molecule has 0 saturated carbocycles. The van der Waals surface area contributed by atoms with Crippen LogP contribution in [-0.4, -0.2) is 10.2 Å². The van der Waals surface area contributed by atoms with Gasteiger partial charge in [0.2, 0.25) is 0 Å². The number of rotatable bonds is 7. The lowest BCUT2D eigenvalue weighted by Gasteiger charge is -2.03. The van der Waals surface area contributed by atoms with Crippen LogP contribution in [0.2, 0.25) is 0 Å². The fourth-order valence-corrected chi connectivity index (χ4v) is 2.18. The Hall–Kier alpha value is -0.210. The third-order valence-electron chi connectivity index (χ3n) is 2.38. The van der Waals surface area contributed by atoms with Gasteiger partial charge in [0.15, 0.2) is 0 Å². The van der Waals surface area contributed by atoms with E-state index >= 15 is 0 Å². The Bertz CT molecular complexity index is 282. The number of halogens is 1. The van der Waals surface area contributed by atoms with Gasteiger partial charge in [-0.25, -0.2) is 0 Å². The summed E-state index contributed by atoms with van der Waals surface area (Å²) in [5.74, 6) is 0. The highest BCUT2D eigenvalue weighted by Gasteiger charge is 1.99. The van der Waals surface area contributed by atoms with E-state index in [0.29, 0.717) is 0 Å². The van der Waals surface area contributed by atoms with Crippen LogP contribution in [0.1, 0.15) is 37.7 Å². The van der Waals surface area contributed by atoms with Gasteiger partial charge in [-0.3, -0.25) is 0 Å². The molecule has 0 amide bonds. The molecule has 2 heteroatoms. The molecule has 1 aromatic rings. The zero-order chi connectivity index (χ0) is 10.9. The molecule has 1 rings (SSSR count). The van der Waals surface area contributed by atoms with Crippen LogP contribution in [0.5, 0.6) is 0 Å². The summed E-state index contributed by atoms with van der Waals surface area (Å²) in [5.41, 5.74) is 1.22. The van der Waals surface area contributed by atoms with Crippen LogP contribution < -0.4 is 0 Å². The first-order valence-electron chi connectivity index (χ1n) is 5.49. The number of hydrogen-bond donors (Lipinski definition) is 0. The van der Waals surface area contributed by atoms with Crippen LogP contribution in [-0.2, 0) is 0 Å². The minimum Gasteiger partial charge on any atom is -0.0928 e. The Morgan fingerprint density at radius 1 is 1.00 bits per heavy atom. The molecule has 0 aliphatic carbocycles. The van der Waals surface area contributed by atoms with Gasteiger partial charge in [0.25, 0.3) is 0 Å². The van der Waals surface area contributed by atoms with Crippen LogP contribution in [0.4, 0.5) is 0 Å². The second kappa shape index (κ2) is 8.00. The van der Waals surface area contributed by atoms with Crippen molar-refractivity contribution in [3.05, 3.63) is 35.9 Å². The Morgan fingerprint density at radius 3 is 2.33 bits per heavy atom. The Morgan fingerprint density at radius 2 is 1.67 bits per heavy atom. The fraction of sp³-hybridized carbons (Fsp3) is 0.462. The van der Waals surface area contributed by atoms with E-state index in [4.69, 9.17) is 12.2 Å². The maximum absolute atomic E-state index is 5.39. The Labute approximate surface area is 106 Å². The topological polar surface area (TPSA) is 0 Å². The number of benzene rings is 1. The van der Waals surface area contributed by atoms with Gasteiger partial charge in [-0.05, 0) is 24.8 Å². The molecular formula is C13H17BrS. The van der Waals surface area contributed by atoms with Crippen molar-refractivity contribution in [3.63, 3.8) is 0 Å². The highest BCUT2D eigenvalue weighted by Crippen LogP contribution is 2.10. The van der Waals surface area contributed by atoms with E-state index in [-0.39, 0.29) is 0 Å². The van der Waals surface area contributed by atoms with E-state index in [2.05, 4.69) is 28.1 Å². The SMILES string of the molecule is S=C(CCCCCCBr)c1ccccc1. The summed E-state index contributed by atoms with van der Waals surface area (Å²) in [4.78, 5) is 1.11. The predicted octanol–water partition coefficient (Wildman–Crippen LogP) is 4.75. The summed E-state index contributed by atoms with van der Waals surface area (Å²) >= 11 is 8.83. The lowest BCUT2D eigenvalue weighted by Crippen LogP contribution is -1.96. The summed E-state index contributed by atoms with van der Waals surface area (Å²) in [6.45, 7) is 0. The molecule has 0 aliphatic rings. The van der Waals surface area contributed by atoms with Gasteiger partial charge in [-0.1, -0.05) is 71.3 Å². The van der Waals surface area contributed by atoms with E-state index in [9.17, 15) is 0 Å². The number of alkyl halides is 1. The molecular weight excluding hydrogens is 268 g/mol.